The first-order valence-electron chi connectivity index (χ1n) is 6.69. The number of nitrogens with zero attached hydrogens (tertiary/aromatic N) is 1. The largest absolute Gasteiger partial charge is 0.353 e. The molecule has 4 heteroatoms. The second-order valence-corrected chi connectivity index (χ2v) is 5.15. The number of amides is 2. The molecule has 1 unspecified atom stereocenters. The van der Waals surface area contributed by atoms with Crippen LogP contribution in [0.5, 0.6) is 0 Å². The van der Waals surface area contributed by atoms with Crippen LogP contribution in [0.25, 0.3) is 0 Å². The van der Waals surface area contributed by atoms with Gasteiger partial charge in [-0.2, -0.15) is 0 Å². The molecule has 0 aromatic heterocycles. The van der Waals surface area contributed by atoms with Gasteiger partial charge in [0.1, 0.15) is 0 Å². The summed E-state index contributed by atoms with van der Waals surface area (Å²) in [6, 6.07) is 6.01. The lowest BCUT2D eigenvalue weighted by molar-refractivity contribution is -0.121. The van der Waals surface area contributed by atoms with Gasteiger partial charge in [-0.15, -0.1) is 0 Å². The Morgan fingerprint density at radius 3 is 2.89 bits per heavy atom. The molecule has 1 heterocycles. The summed E-state index contributed by atoms with van der Waals surface area (Å²) in [5.74, 6) is 0.142. The summed E-state index contributed by atoms with van der Waals surface area (Å²) in [7, 11) is 1.78. The molecular weight excluding hydrogens is 240 g/mol. The quantitative estimate of drug-likeness (QED) is 0.895. The predicted molar refractivity (Wildman–Crippen MR) is 75.2 cm³/mol. The number of benzene rings is 1. The summed E-state index contributed by atoms with van der Waals surface area (Å²) >= 11 is 0. The van der Waals surface area contributed by atoms with Crippen molar-refractivity contribution in [2.45, 2.75) is 39.2 Å². The highest BCUT2D eigenvalue weighted by Crippen LogP contribution is 2.28. The Balaban J connectivity index is 2.06. The van der Waals surface area contributed by atoms with E-state index in [1.165, 1.54) is 0 Å². The van der Waals surface area contributed by atoms with Crippen molar-refractivity contribution < 1.29 is 9.59 Å². The average molecular weight is 260 g/mol. The third-order valence-corrected chi connectivity index (χ3v) is 3.61. The number of fused-ring (bicyclic) bond motifs is 1. The topological polar surface area (TPSA) is 49.4 Å². The lowest BCUT2D eigenvalue weighted by Crippen LogP contribution is -2.33. The lowest BCUT2D eigenvalue weighted by Gasteiger charge is -2.12. The lowest BCUT2D eigenvalue weighted by atomic mass is 10.1. The first-order valence-corrected chi connectivity index (χ1v) is 6.69. The van der Waals surface area contributed by atoms with Gasteiger partial charge in [0.25, 0.3) is 0 Å². The van der Waals surface area contributed by atoms with Gasteiger partial charge < -0.3 is 10.2 Å². The molecule has 4 nitrogen and oxygen atoms in total. The molecule has 1 aliphatic rings. The molecule has 0 bridgehead atoms. The Morgan fingerprint density at radius 2 is 2.21 bits per heavy atom. The molecule has 2 amide bonds. The molecule has 1 N–H and O–H groups in total. The summed E-state index contributed by atoms with van der Waals surface area (Å²) in [5, 5.41) is 2.95. The van der Waals surface area contributed by atoms with Crippen LogP contribution in [-0.2, 0) is 22.4 Å². The number of nitrogens with one attached hydrogen (secondary N) is 1. The van der Waals surface area contributed by atoms with Gasteiger partial charge in [-0.3, -0.25) is 9.59 Å². The number of hydrogen-bond acceptors (Lipinski definition) is 2. The Bertz CT molecular complexity index is 511. The minimum absolute atomic E-state index is 0.0342. The molecule has 102 valence electrons. The number of rotatable bonds is 4. The van der Waals surface area contributed by atoms with Crippen LogP contribution in [-0.4, -0.2) is 24.9 Å². The normalized spacial score (nSPS) is 15.3. The molecule has 1 aromatic carbocycles. The van der Waals surface area contributed by atoms with E-state index in [0.29, 0.717) is 12.8 Å². The van der Waals surface area contributed by atoms with Gasteiger partial charge in [0, 0.05) is 18.8 Å². The zero-order chi connectivity index (χ0) is 14.0. The van der Waals surface area contributed by atoms with Crippen LogP contribution in [0.4, 0.5) is 5.69 Å². The van der Waals surface area contributed by atoms with E-state index in [0.717, 1.165) is 23.2 Å². The summed E-state index contributed by atoms with van der Waals surface area (Å²) in [6.45, 7) is 4.04. The van der Waals surface area contributed by atoms with Crippen LogP contribution < -0.4 is 10.2 Å². The van der Waals surface area contributed by atoms with Gasteiger partial charge in [-0.1, -0.05) is 19.1 Å². The van der Waals surface area contributed by atoms with Gasteiger partial charge >= 0.3 is 0 Å². The van der Waals surface area contributed by atoms with Crippen molar-refractivity contribution in [2.24, 2.45) is 0 Å². The van der Waals surface area contributed by atoms with Crippen LogP contribution in [0.2, 0.25) is 0 Å². The highest BCUT2D eigenvalue weighted by Gasteiger charge is 2.24. The summed E-state index contributed by atoms with van der Waals surface area (Å²) in [4.78, 5) is 25.1. The minimum Gasteiger partial charge on any atom is -0.353 e. The van der Waals surface area contributed by atoms with Crippen molar-refractivity contribution in [3.8, 4) is 0 Å². The van der Waals surface area contributed by atoms with Crippen LogP contribution in [0, 0.1) is 0 Å². The third kappa shape index (κ3) is 2.95. The Labute approximate surface area is 113 Å². The highest BCUT2D eigenvalue weighted by atomic mass is 16.2. The fourth-order valence-electron chi connectivity index (χ4n) is 2.25. The molecule has 0 saturated carbocycles. The fourth-order valence-corrected chi connectivity index (χ4v) is 2.25. The zero-order valence-corrected chi connectivity index (χ0v) is 11.7. The molecule has 1 aliphatic heterocycles. The van der Waals surface area contributed by atoms with E-state index in [2.05, 4.69) is 5.32 Å². The number of carbonyl (C=O) groups excluding carboxylic acids is 2. The van der Waals surface area contributed by atoms with E-state index in [4.69, 9.17) is 0 Å². The number of carbonyl (C=O) groups is 2. The van der Waals surface area contributed by atoms with Crippen molar-refractivity contribution in [1.29, 1.82) is 0 Å². The molecule has 0 spiro atoms. The van der Waals surface area contributed by atoms with Gasteiger partial charge in [-0.05, 0) is 30.5 Å². The van der Waals surface area contributed by atoms with E-state index in [-0.39, 0.29) is 17.9 Å². The first-order chi connectivity index (χ1) is 9.01. The van der Waals surface area contributed by atoms with Gasteiger partial charge in [0.2, 0.25) is 11.8 Å². The Hall–Kier alpha value is -1.84. The van der Waals surface area contributed by atoms with E-state index in [9.17, 15) is 9.59 Å². The fraction of sp³-hybridized carbons (Fsp3) is 0.467. The van der Waals surface area contributed by atoms with Gasteiger partial charge in [0.15, 0.2) is 0 Å². The van der Waals surface area contributed by atoms with Crippen LogP contribution >= 0.6 is 0 Å². The maximum atomic E-state index is 11.8. The Morgan fingerprint density at radius 1 is 1.47 bits per heavy atom. The second kappa shape index (κ2) is 5.43. The molecule has 2 rings (SSSR count). The van der Waals surface area contributed by atoms with E-state index >= 15 is 0 Å². The number of anilines is 1. The molecule has 19 heavy (non-hydrogen) atoms. The molecule has 0 radical (unpaired) electrons. The van der Waals surface area contributed by atoms with Crippen LogP contribution in [0.15, 0.2) is 18.2 Å². The molecular formula is C15H20N2O2. The van der Waals surface area contributed by atoms with Crippen molar-refractivity contribution in [3.05, 3.63) is 29.3 Å². The molecule has 0 aliphatic carbocycles. The molecule has 1 aromatic rings. The second-order valence-electron chi connectivity index (χ2n) is 5.15. The highest BCUT2D eigenvalue weighted by molar-refractivity contribution is 6.01. The van der Waals surface area contributed by atoms with E-state index in [1.807, 2.05) is 32.0 Å². The molecule has 1 atom stereocenters. The number of likely N-dealkylation sites (N-methyl/N-ethyl adjacent to an activating group) is 1. The maximum absolute atomic E-state index is 11.8. The Kier molecular flexibility index (Phi) is 3.88. The van der Waals surface area contributed by atoms with Crippen molar-refractivity contribution >= 4 is 17.5 Å². The van der Waals surface area contributed by atoms with E-state index in [1.54, 1.807) is 11.9 Å². The average Bonchev–Trinajstić information content (AvgIpc) is 2.64. The predicted octanol–water partition coefficient (Wildman–Crippen LogP) is 1.66. The SMILES string of the molecule is CCC(C)NC(=O)Cc1ccc2c(c1)CC(=O)N2C. The van der Waals surface area contributed by atoms with Gasteiger partial charge in [0.05, 0.1) is 12.8 Å². The summed E-state index contributed by atoms with van der Waals surface area (Å²) < 4.78 is 0. The van der Waals surface area contributed by atoms with Crippen molar-refractivity contribution in [2.75, 3.05) is 11.9 Å². The molecule has 0 saturated heterocycles. The first kappa shape index (κ1) is 13.6. The summed E-state index contributed by atoms with van der Waals surface area (Å²) in [6.07, 6.45) is 1.73. The standard InChI is InChI=1S/C15H20N2O2/c1-4-10(2)16-14(18)8-11-5-6-13-12(7-11)9-15(19)17(13)3/h5-7,10H,4,8-9H2,1-3H3,(H,16,18). The number of hydrogen-bond donors (Lipinski definition) is 1. The third-order valence-electron chi connectivity index (χ3n) is 3.61. The smallest absolute Gasteiger partial charge is 0.231 e. The summed E-state index contributed by atoms with van der Waals surface area (Å²) in [5.41, 5.74) is 2.93. The molecule has 0 fully saturated rings. The van der Waals surface area contributed by atoms with Crippen molar-refractivity contribution in [1.82, 2.24) is 5.32 Å². The van der Waals surface area contributed by atoms with Crippen LogP contribution in [0.3, 0.4) is 0 Å². The zero-order valence-electron chi connectivity index (χ0n) is 11.7. The van der Waals surface area contributed by atoms with Crippen molar-refractivity contribution in [3.63, 3.8) is 0 Å². The maximum Gasteiger partial charge on any atom is 0.231 e. The van der Waals surface area contributed by atoms with Gasteiger partial charge in [-0.25, -0.2) is 0 Å². The van der Waals surface area contributed by atoms with Crippen LogP contribution in [0.1, 0.15) is 31.4 Å². The van der Waals surface area contributed by atoms with E-state index < -0.39 is 0 Å². The minimum atomic E-state index is 0.0342. The monoisotopic (exact) mass is 260 g/mol.